The van der Waals surface area contributed by atoms with Crippen LogP contribution in [0.25, 0.3) is 10.2 Å². The van der Waals surface area contributed by atoms with E-state index < -0.39 is 15.9 Å². The molecule has 1 amide bonds. The summed E-state index contributed by atoms with van der Waals surface area (Å²) in [6.07, 6.45) is 0. The Morgan fingerprint density at radius 1 is 0.944 bits per heavy atom. The summed E-state index contributed by atoms with van der Waals surface area (Å²) in [6, 6.07) is 11.4. The monoisotopic (exact) mass is 537 g/mol. The molecule has 0 N–H and O–H groups in total. The Morgan fingerprint density at radius 2 is 1.58 bits per heavy atom. The highest BCUT2D eigenvalue weighted by Gasteiger charge is 2.24. The lowest BCUT2D eigenvalue weighted by Gasteiger charge is -2.21. The quantitative estimate of drug-likeness (QED) is 0.329. The van der Waals surface area contributed by atoms with Crippen LogP contribution in [0.15, 0.2) is 52.4 Å². The molecule has 3 rings (SSSR count). The van der Waals surface area contributed by atoms with Gasteiger partial charge in [0.05, 0.1) is 42.0 Å². The fraction of sp³-hybridized carbons (Fsp3) is 0.417. The Morgan fingerprint density at radius 3 is 2.17 bits per heavy atom. The van der Waals surface area contributed by atoms with Crippen molar-refractivity contribution >= 4 is 37.5 Å². The maximum absolute atomic E-state index is 13.1. The zero-order valence-corrected chi connectivity index (χ0v) is 22.4. The van der Waals surface area contributed by atoms with Gasteiger partial charge in [0.2, 0.25) is 10.0 Å². The molecule has 0 aliphatic rings. The summed E-state index contributed by atoms with van der Waals surface area (Å²) in [7, 11) is 2.45. The van der Waals surface area contributed by atoms with Crippen LogP contribution in [0.3, 0.4) is 0 Å². The van der Waals surface area contributed by atoms with Gasteiger partial charge in [-0.25, -0.2) is 8.42 Å². The van der Waals surface area contributed by atoms with Crippen molar-refractivity contribution in [1.29, 1.82) is 0 Å². The van der Waals surface area contributed by atoms with E-state index in [1.165, 1.54) is 54.1 Å². The molecule has 0 unspecified atom stereocenters. The number of thiazole rings is 1. The molecule has 2 aromatic carbocycles. The fourth-order valence-corrected chi connectivity index (χ4v) is 5.96. The first-order valence-electron chi connectivity index (χ1n) is 11.2. The molecule has 3 aromatic rings. The number of hydrogen-bond donors (Lipinski definition) is 0. The van der Waals surface area contributed by atoms with Crippen LogP contribution in [-0.4, -0.2) is 84.5 Å². The Kier molecular flexibility index (Phi) is 10.2. The van der Waals surface area contributed by atoms with Crippen LogP contribution in [0.1, 0.15) is 10.4 Å². The Bertz CT molecular complexity index is 1320. The van der Waals surface area contributed by atoms with Crippen LogP contribution in [0.2, 0.25) is 0 Å². The predicted molar refractivity (Wildman–Crippen MR) is 137 cm³/mol. The SMILES string of the molecule is COCCN(CCOC)S(=O)(=O)c1ccc(C(=O)N=c2sc3cc(OC)ccc3n2CCOC)cc1. The number of hydrogen-bond acceptors (Lipinski definition) is 8. The molecule has 1 heterocycles. The van der Waals surface area contributed by atoms with Crippen LogP contribution in [-0.2, 0) is 30.8 Å². The topological polar surface area (TPSA) is 109 Å². The number of aromatic nitrogens is 1. The van der Waals surface area contributed by atoms with Gasteiger partial charge in [0.15, 0.2) is 4.80 Å². The van der Waals surface area contributed by atoms with Crippen molar-refractivity contribution in [3.8, 4) is 5.75 Å². The maximum atomic E-state index is 13.1. The van der Waals surface area contributed by atoms with Gasteiger partial charge in [0, 0.05) is 46.5 Å². The standard InChI is InChI=1S/C24H31N3O7S2/c1-31-14-11-26(12-15-32-2)36(29,30)20-8-5-18(6-9-20)23(28)25-24-27(13-16-33-3)21-10-7-19(34-4)17-22(21)35-24/h5-10,17H,11-16H2,1-4H3. The van der Waals surface area contributed by atoms with E-state index in [4.69, 9.17) is 18.9 Å². The molecular formula is C24H31N3O7S2. The molecule has 0 aliphatic carbocycles. The second kappa shape index (κ2) is 13.1. The Labute approximate surface area is 214 Å². The highest BCUT2D eigenvalue weighted by molar-refractivity contribution is 7.89. The van der Waals surface area contributed by atoms with E-state index in [1.54, 1.807) is 14.2 Å². The number of methoxy groups -OCH3 is 4. The molecule has 1 aromatic heterocycles. The lowest BCUT2D eigenvalue weighted by atomic mass is 10.2. The van der Waals surface area contributed by atoms with Gasteiger partial charge >= 0.3 is 0 Å². The molecule has 0 bridgehead atoms. The van der Waals surface area contributed by atoms with E-state index in [2.05, 4.69) is 4.99 Å². The van der Waals surface area contributed by atoms with Crippen LogP contribution < -0.4 is 9.54 Å². The third kappa shape index (κ3) is 6.58. The van der Waals surface area contributed by atoms with Crippen molar-refractivity contribution < 1.29 is 32.2 Å². The molecule has 0 atom stereocenters. The predicted octanol–water partition coefficient (Wildman–Crippen LogP) is 2.38. The summed E-state index contributed by atoms with van der Waals surface area (Å²) < 4.78 is 50.9. The van der Waals surface area contributed by atoms with E-state index in [-0.39, 0.29) is 36.8 Å². The number of nitrogens with zero attached hydrogens (tertiary/aromatic N) is 3. The van der Waals surface area contributed by atoms with Crippen molar-refractivity contribution in [2.75, 3.05) is 61.3 Å². The average molecular weight is 538 g/mol. The first-order chi connectivity index (χ1) is 17.3. The zero-order chi connectivity index (χ0) is 26.1. The van der Waals surface area contributed by atoms with E-state index in [0.29, 0.717) is 23.7 Å². The number of rotatable bonds is 13. The minimum absolute atomic E-state index is 0.0790. The van der Waals surface area contributed by atoms with Crippen molar-refractivity contribution in [3.63, 3.8) is 0 Å². The minimum Gasteiger partial charge on any atom is -0.497 e. The van der Waals surface area contributed by atoms with E-state index >= 15 is 0 Å². The van der Waals surface area contributed by atoms with Gasteiger partial charge in [-0.2, -0.15) is 9.30 Å². The molecule has 196 valence electrons. The van der Waals surface area contributed by atoms with Crippen molar-refractivity contribution in [3.05, 3.63) is 52.8 Å². The number of ether oxygens (including phenoxy) is 4. The number of amides is 1. The largest absolute Gasteiger partial charge is 0.497 e. The molecule has 0 aliphatic heterocycles. The first-order valence-corrected chi connectivity index (χ1v) is 13.4. The van der Waals surface area contributed by atoms with Crippen molar-refractivity contribution in [1.82, 2.24) is 8.87 Å². The highest BCUT2D eigenvalue weighted by atomic mass is 32.2. The van der Waals surface area contributed by atoms with Gasteiger partial charge in [0.1, 0.15) is 5.75 Å². The van der Waals surface area contributed by atoms with Crippen molar-refractivity contribution in [2.45, 2.75) is 11.4 Å². The second-order valence-electron chi connectivity index (χ2n) is 7.69. The van der Waals surface area contributed by atoms with Gasteiger partial charge < -0.3 is 23.5 Å². The summed E-state index contributed by atoms with van der Waals surface area (Å²) in [6.45, 7) is 1.86. The molecule has 0 saturated carbocycles. The summed E-state index contributed by atoms with van der Waals surface area (Å²) in [5.74, 6) is 0.238. The lowest BCUT2D eigenvalue weighted by Crippen LogP contribution is -2.36. The van der Waals surface area contributed by atoms with E-state index in [9.17, 15) is 13.2 Å². The van der Waals surface area contributed by atoms with Gasteiger partial charge in [-0.15, -0.1) is 0 Å². The van der Waals surface area contributed by atoms with Crippen LogP contribution in [0.4, 0.5) is 0 Å². The number of sulfonamides is 1. The second-order valence-corrected chi connectivity index (χ2v) is 10.6. The summed E-state index contributed by atoms with van der Waals surface area (Å²) >= 11 is 1.37. The first kappa shape index (κ1) is 28.0. The smallest absolute Gasteiger partial charge is 0.279 e. The zero-order valence-electron chi connectivity index (χ0n) is 20.8. The third-order valence-electron chi connectivity index (χ3n) is 5.43. The minimum atomic E-state index is -3.78. The van der Waals surface area contributed by atoms with Gasteiger partial charge in [-0.05, 0) is 42.5 Å². The highest BCUT2D eigenvalue weighted by Crippen LogP contribution is 2.23. The van der Waals surface area contributed by atoms with E-state index in [0.717, 1.165) is 10.2 Å². The van der Waals surface area contributed by atoms with Crippen LogP contribution in [0, 0.1) is 0 Å². The van der Waals surface area contributed by atoms with Gasteiger partial charge in [0.25, 0.3) is 5.91 Å². The maximum Gasteiger partial charge on any atom is 0.279 e. The molecule has 12 heteroatoms. The van der Waals surface area contributed by atoms with Crippen molar-refractivity contribution in [2.24, 2.45) is 4.99 Å². The van der Waals surface area contributed by atoms with Crippen LogP contribution in [0.5, 0.6) is 5.75 Å². The molecule has 0 spiro atoms. The molecule has 36 heavy (non-hydrogen) atoms. The Balaban J connectivity index is 1.92. The molecular weight excluding hydrogens is 506 g/mol. The number of carbonyl (C=O) groups excluding carboxylic acids is 1. The normalized spacial score (nSPS) is 12.5. The molecule has 0 fully saturated rings. The van der Waals surface area contributed by atoms with E-state index in [1.807, 2.05) is 22.8 Å². The average Bonchev–Trinajstić information content (AvgIpc) is 3.23. The summed E-state index contributed by atoms with van der Waals surface area (Å²) in [4.78, 5) is 17.9. The number of carbonyl (C=O) groups is 1. The summed E-state index contributed by atoms with van der Waals surface area (Å²) in [5.41, 5.74) is 1.20. The molecule has 10 nitrogen and oxygen atoms in total. The van der Waals surface area contributed by atoms with Gasteiger partial charge in [-0.3, -0.25) is 4.79 Å². The summed E-state index contributed by atoms with van der Waals surface area (Å²) in [5, 5.41) is 0. The fourth-order valence-electron chi connectivity index (χ4n) is 3.47. The third-order valence-corrected chi connectivity index (χ3v) is 8.39. The number of fused-ring (bicyclic) bond motifs is 1. The lowest BCUT2D eigenvalue weighted by molar-refractivity contribution is 0.0997. The molecule has 0 radical (unpaired) electrons. The van der Waals surface area contributed by atoms with Gasteiger partial charge in [-0.1, -0.05) is 11.3 Å². The number of benzene rings is 2. The van der Waals surface area contributed by atoms with Crippen LogP contribution >= 0.6 is 11.3 Å². The Hall–Kier alpha value is -2.61. The molecule has 0 saturated heterocycles.